The standard InChI is InChI=1S/C26H24N6O4S2/c1-15-9-10-20-28-22(27-11-12-33)18(23(34)30(20)14-15)13-19-24(35)31(26(37)38-19)21-16(2)29(3)32(25(21)36)17-7-5-4-6-8-17/h4-10,13-14,27,33H,11-12H2,1-3H3/b19-13+. The van der Waals surface area contributed by atoms with E-state index in [2.05, 4.69) is 10.3 Å². The van der Waals surface area contributed by atoms with Gasteiger partial charge in [0, 0.05) is 19.8 Å². The van der Waals surface area contributed by atoms with E-state index >= 15 is 0 Å². The molecule has 1 amide bonds. The molecule has 1 aliphatic heterocycles. The average molecular weight is 549 g/mol. The van der Waals surface area contributed by atoms with Crippen molar-refractivity contribution in [2.75, 3.05) is 23.4 Å². The van der Waals surface area contributed by atoms with E-state index in [1.807, 2.05) is 31.2 Å². The summed E-state index contributed by atoms with van der Waals surface area (Å²) in [4.78, 5) is 46.6. The van der Waals surface area contributed by atoms with Crippen molar-refractivity contribution in [2.24, 2.45) is 7.05 Å². The number of amides is 1. The first-order chi connectivity index (χ1) is 18.2. The van der Waals surface area contributed by atoms with Crippen LogP contribution < -0.4 is 21.3 Å². The predicted octanol–water partition coefficient (Wildman–Crippen LogP) is 2.61. The number of para-hydroxylation sites is 1. The van der Waals surface area contributed by atoms with Gasteiger partial charge in [0.1, 0.15) is 17.2 Å². The van der Waals surface area contributed by atoms with Crippen molar-refractivity contribution >= 4 is 57.4 Å². The van der Waals surface area contributed by atoms with Gasteiger partial charge in [-0.25, -0.2) is 9.67 Å². The van der Waals surface area contributed by atoms with Crippen LogP contribution in [0.3, 0.4) is 0 Å². The fraction of sp³-hybridized carbons (Fsp3) is 0.192. The second-order valence-corrected chi connectivity index (χ2v) is 10.4. The number of carbonyl (C=O) groups excluding carboxylic acids is 1. The van der Waals surface area contributed by atoms with Gasteiger partial charge in [-0.05, 0) is 43.7 Å². The number of benzene rings is 1. The first-order valence-electron chi connectivity index (χ1n) is 11.7. The van der Waals surface area contributed by atoms with E-state index in [1.54, 1.807) is 43.0 Å². The minimum absolute atomic E-state index is 0.147. The van der Waals surface area contributed by atoms with Crippen molar-refractivity contribution < 1.29 is 9.90 Å². The topological polar surface area (TPSA) is 114 Å². The largest absolute Gasteiger partial charge is 0.395 e. The van der Waals surface area contributed by atoms with E-state index in [-0.39, 0.29) is 50.6 Å². The molecule has 38 heavy (non-hydrogen) atoms. The van der Waals surface area contributed by atoms with Crippen LogP contribution in [0.1, 0.15) is 16.8 Å². The zero-order valence-corrected chi connectivity index (χ0v) is 22.5. The van der Waals surface area contributed by atoms with Crippen LogP contribution in [0.2, 0.25) is 0 Å². The van der Waals surface area contributed by atoms with Crippen molar-refractivity contribution in [2.45, 2.75) is 13.8 Å². The number of aromatic nitrogens is 4. The van der Waals surface area contributed by atoms with Crippen LogP contribution in [0, 0.1) is 13.8 Å². The van der Waals surface area contributed by atoms with Gasteiger partial charge in [0.25, 0.3) is 17.0 Å². The molecule has 4 aromatic rings. The molecule has 1 aromatic carbocycles. The van der Waals surface area contributed by atoms with E-state index in [9.17, 15) is 19.5 Å². The lowest BCUT2D eigenvalue weighted by atomic mass is 10.2. The second-order valence-electron chi connectivity index (χ2n) is 8.69. The summed E-state index contributed by atoms with van der Waals surface area (Å²) in [6.45, 7) is 3.60. The van der Waals surface area contributed by atoms with E-state index in [1.165, 1.54) is 20.1 Å². The lowest BCUT2D eigenvalue weighted by Crippen LogP contribution is -2.33. The van der Waals surface area contributed by atoms with Gasteiger partial charge in [-0.3, -0.25) is 28.4 Å². The smallest absolute Gasteiger partial charge is 0.296 e. The Balaban J connectivity index is 1.62. The number of nitrogens with zero attached hydrogens (tertiary/aromatic N) is 5. The number of nitrogens with one attached hydrogen (secondary N) is 1. The second kappa shape index (κ2) is 10.0. The number of aliphatic hydroxyl groups excluding tert-OH is 1. The maximum atomic E-state index is 13.6. The molecule has 12 heteroatoms. The lowest BCUT2D eigenvalue weighted by Gasteiger charge is -2.12. The minimum atomic E-state index is -0.507. The number of carbonyl (C=O) groups is 1. The predicted molar refractivity (Wildman–Crippen MR) is 153 cm³/mol. The number of fused-ring (bicyclic) bond motifs is 1. The maximum absolute atomic E-state index is 13.6. The SMILES string of the molecule is Cc1ccc2nc(NCCO)c(/C=C3/SC(=S)N(c4c(C)n(C)n(-c5ccccc5)c4=O)C3=O)c(=O)n2c1. The van der Waals surface area contributed by atoms with E-state index in [0.717, 1.165) is 17.3 Å². The van der Waals surface area contributed by atoms with Crippen LogP contribution in [0.15, 0.2) is 63.2 Å². The maximum Gasteiger partial charge on any atom is 0.296 e. The van der Waals surface area contributed by atoms with Gasteiger partial charge in [0.15, 0.2) is 4.32 Å². The number of hydrogen-bond acceptors (Lipinski definition) is 8. The third kappa shape index (κ3) is 4.26. The highest BCUT2D eigenvalue weighted by molar-refractivity contribution is 8.27. The monoisotopic (exact) mass is 548 g/mol. The third-order valence-corrected chi connectivity index (χ3v) is 7.53. The van der Waals surface area contributed by atoms with Crippen LogP contribution in [-0.4, -0.2) is 47.2 Å². The summed E-state index contributed by atoms with van der Waals surface area (Å²) < 4.78 is 4.74. The molecule has 0 spiro atoms. The molecule has 5 rings (SSSR count). The third-order valence-electron chi connectivity index (χ3n) is 6.23. The summed E-state index contributed by atoms with van der Waals surface area (Å²) in [6, 6.07) is 12.7. The summed E-state index contributed by atoms with van der Waals surface area (Å²) in [6.07, 6.45) is 3.11. The first-order valence-corrected chi connectivity index (χ1v) is 12.9. The highest BCUT2D eigenvalue weighted by Gasteiger charge is 2.38. The quantitative estimate of drug-likeness (QED) is 0.279. The minimum Gasteiger partial charge on any atom is -0.395 e. The van der Waals surface area contributed by atoms with Crippen molar-refractivity contribution in [3.8, 4) is 5.69 Å². The Morgan fingerprint density at radius 1 is 1.08 bits per heavy atom. The van der Waals surface area contributed by atoms with Crippen LogP contribution >= 0.6 is 24.0 Å². The summed E-state index contributed by atoms with van der Waals surface area (Å²) >= 11 is 6.54. The normalized spacial score (nSPS) is 14.7. The number of thioether (sulfide) groups is 1. The molecule has 194 valence electrons. The van der Waals surface area contributed by atoms with E-state index in [0.29, 0.717) is 17.0 Å². The zero-order chi connectivity index (χ0) is 27.1. The molecule has 0 aliphatic carbocycles. The lowest BCUT2D eigenvalue weighted by molar-refractivity contribution is -0.113. The fourth-order valence-electron chi connectivity index (χ4n) is 4.30. The number of aliphatic hydroxyl groups is 1. The molecule has 0 bridgehead atoms. The Hall–Kier alpha value is -4.00. The molecule has 1 aliphatic rings. The van der Waals surface area contributed by atoms with Gasteiger partial charge in [-0.2, -0.15) is 0 Å². The molecule has 1 fully saturated rings. The molecule has 2 N–H and O–H groups in total. The molecule has 0 radical (unpaired) electrons. The highest BCUT2D eigenvalue weighted by atomic mass is 32.2. The number of aryl methyl sites for hydroxylation is 1. The van der Waals surface area contributed by atoms with Gasteiger partial charge < -0.3 is 10.4 Å². The summed E-state index contributed by atoms with van der Waals surface area (Å²) in [5.74, 6) is -0.270. The number of hydrogen-bond donors (Lipinski definition) is 2. The van der Waals surface area contributed by atoms with Crippen LogP contribution in [0.25, 0.3) is 17.4 Å². The summed E-state index contributed by atoms with van der Waals surface area (Å²) in [7, 11) is 1.74. The molecular weight excluding hydrogens is 524 g/mol. The van der Waals surface area contributed by atoms with Crippen molar-refractivity contribution in [1.82, 2.24) is 18.7 Å². The molecule has 3 aromatic heterocycles. The molecule has 10 nitrogen and oxygen atoms in total. The molecule has 0 atom stereocenters. The van der Waals surface area contributed by atoms with Crippen molar-refractivity contribution in [3.63, 3.8) is 0 Å². The Bertz CT molecular complexity index is 1750. The molecule has 1 saturated heterocycles. The fourth-order valence-corrected chi connectivity index (χ4v) is 5.55. The zero-order valence-electron chi connectivity index (χ0n) is 20.8. The number of rotatable bonds is 6. The van der Waals surface area contributed by atoms with Gasteiger partial charge in [-0.15, -0.1) is 0 Å². The van der Waals surface area contributed by atoms with Crippen LogP contribution in [-0.2, 0) is 11.8 Å². The summed E-state index contributed by atoms with van der Waals surface area (Å²) in [5, 5.41) is 12.3. The van der Waals surface area contributed by atoms with Crippen LogP contribution in [0.5, 0.6) is 0 Å². The van der Waals surface area contributed by atoms with Gasteiger partial charge >= 0.3 is 0 Å². The van der Waals surface area contributed by atoms with E-state index in [4.69, 9.17) is 12.2 Å². The first kappa shape index (κ1) is 25.6. The van der Waals surface area contributed by atoms with Crippen molar-refractivity contribution in [1.29, 1.82) is 0 Å². The molecule has 4 heterocycles. The Kier molecular flexibility index (Phi) is 6.78. The van der Waals surface area contributed by atoms with E-state index < -0.39 is 5.91 Å². The molecular formula is C26H24N6O4S2. The van der Waals surface area contributed by atoms with Gasteiger partial charge in [-0.1, -0.05) is 48.2 Å². The Morgan fingerprint density at radius 3 is 2.53 bits per heavy atom. The number of pyridine rings is 1. The van der Waals surface area contributed by atoms with Gasteiger partial charge in [0.05, 0.1) is 28.5 Å². The number of thiocarbonyl (C=S) groups is 1. The highest BCUT2D eigenvalue weighted by Crippen LogP contribution is 2.36. The van der Waals surface area contributed by atoms with Crippen molar-refractivity contribution in [3.05, 3.63) is 91.1 Å². The van der Waals surface area contributed by atoms with Gasteiger partial charge in [0.2, 0.25) is 0 Å². The Labute approximate surface area is 226 Å². The van der Waals surface area contributed by atoms with Crippen LogP contribution in [0.4, 0.5) is 11.5 Å². The molecule has 0 saturated carbocycles. The summed E-state index contributed by atoms with van der Waals surface area (Å²) in [5.41, 5.74) is 2.04. The Morgan fingerprint density at radius 2 is 1.82 bits per heavy atom. The number of anilines is 2. The average Bonchev–Trinajstić information content (AvgIpc) is 3.30. The molecule has 0 unspecified atom stereocenters.